The highest BCUT2D eigenvalue weighted by Gasteiger charge is 2.48. The normalized spacial score (nSPS) is 17.5. The predicted octanol–water partition coefficient (Wildman–Crippen LogP) is 3.56. The Morgan fingerprint density at radius 2 is 1.65 bits per heavy atom. The van der Waals surface area contributed by atoms with Gasteiger partial charge in [-0.15, -0.1) is 0 Å². The molecule has 1 heterocycles. The van der Waals surface area contributed by atoms with Crippen molar-refractivity contribution in [1.29, 1.82) is 0 Å². The van der Waals surface area contributed by atoms with Crippen molar-refractivity contribution < 1.29 is 23.9 Å². The molecule has 2 N–H and O–H groups in total. The van der Waals surface area contributed by atoms with Crippen molar-refractivity contribution in [3.8, 4) is 5.75 Å². The summed E-state index contributed by atoms with van der Waals surface area (Å²) in [4.78, 5) is 39.1. The van der Waals surface area contributed by atoms with Crippen molar-refractivity contribution in [2.75, 3.05) is 5.32 Å². The Morgan fingerprint density at radius 1 is 1.00 bits per heavy atom. The Kier molecular flexibility index (Phi) is 6.63. The van der Waals surface area contributed by atoms with Crippen molar-refractivity contribution in [3.63, 3.8) is 0 Å². The highest BCUT2D eigenvalue weighted by molar-refractivity contribution is 6.15. The molecule has 2 amide bonds. The molecule has 0 radical (unpaired) electrons. The van der Waals surface area contributed by atoms with Crippen LogP contribution in [-0.2, 0) is 32.1 Å². The molecule has 34 heavy (non-hydrogen) atoms. The molecule has 0 aromatic heterocycles. The SMILES string of the molecule is Cc1ccc2c(c1)O[C@@](C)(C(=O)N[C@H](Cc1ccccc1)C(=O)OCc1ccccc1)C(=O)N2. The lowest BCUT2D eigenvalue weighted by Gasteiger charge is -2.34. The summed E-state index contributed by atoms with van der Waals surface area (Å²) in [6.45, 7) is 3.34. The lowest BCUT2D eigenvalue weighted by atomic mass is 9.99. The molecule has 7 heteroatoms. The second-order valence-electron chi connectivity index (χ2n) is 8.40. The van der Waals surface area contributed by atoms with Crippen LogP contribution in [0.5, 0.6) is 5.75 Å². The van der Waals surface area contributed by atoms with Crippen LogP contribution in [-0.4, -0.2) is 29.4 Å². The zero-order valence-electron chi connectivity index (χ0n) is 19.0. The van der Waals surface area contributed by atoms with Gasteiger partial charge in [-0.1, -0.05) is 66.7 Å². The number of hydrogen-bond acceptors (Lipinski definition) is 5. The predicted molar refractivity (Wildman–Crippen MR) is 127 cm³/mol. The Hall–Kier alpha value is -4.13. The van der Waals surface area contributed by atoms with Crippen LogP contribution < -0.4 is 15.4 Å². The van der Waals surface area contributed by atoms with E-state index in [0.717, 1.165) is 16.7 Å². The van der Waals surface area contributed by atoms with Crippen LogP contribution in [0.15, 0.2) is 78.9 Å². The van der Waals surface area contributed by atoms with Gasteiger partial charge in [-0.3, -0.25) is 9.59 Å². The first-order valence-electron chi connectivity index (χ1n) is 11.0. The van der Waals surface area contributed by atoms with Crippen LogP contribution in [0.1, 0.15) is 23.6 Å². The maximum Gasteiger partial charge on any atom is 0.329 e. The Bertz CT molecular complexity index is 1200. The van der Waals surface area contributed by atoms with Gasteiger partial charge in [-0.2, -0.15) is 0 Å². The molecule has 3 aromatic carbocycles. The molecule has 1 aliphatic rings. The molecule has 0 bridgehead atoms. The summed E-state index contributed by atoms with van der Waals surface area (Å²) in [5.41, 5.74) is 1.22. The highest BCUT2D eigenvalue weighted by atomic mass is 16.5. The number of anilines is 1. The van der Waals surface area contributed by atoms with E-state index in [9.17, 15) is 14.4 Å². The van der Waals surface area contributed by atoms with Crippen molar-refractivity contribution in [2.24, 2.45) is 0 Å². The zero-order valence-corrected chi connectivity index (χ0v) is 19.0. The molecule has 2 atom stereocenters. The minimum Gasteiger partial charge on any atom is -0.466 e. The number of rotatable bonds is 7. The molecule has 0 saturated carbocycles. The number of esters is 1. The molecule has 3 aromatic rings. The topological polar surface area (TPSA) is 93.7 Å². The van der Waals surface area contributed by atoms with Gasteiger partial charge in [0.15, 0.2) is 0 Å². The lowest BCUT2D eigenvalue weighted by molar-refractivity contribution is -0.154. The quantitative estimate of drug-likeness (QED) is 0.417. The summed E-state index contributed by atoms with van der Waals surface area (Å²) in [5.74, 6) is -1.55. The standard InChI is InChI=1S/C27H26N2O5/c1-18-13-14-21-23(15-18)34-27(2,25(31)28-21)26(32)29-22(16-19-9-5-3-6-10-19)24(30)33-17-20-11-7-4-8-12-20/h3-15,22H,16-17H2,1-2H3,(H,28,31)(H,29,32)/t22-,27-/m1/s1. The number of benzene rings is 3. The minimum atomic E-state index is -1.85. The Morgan fingerprint density at radius 3 is 2.32 bits per heavy atom. The molecule has 0 unspecified atom stereocenters. The number of amides is 2. The fourth-order valence-corrected chi connectivity index (χ4v) is 3.64. The summed E-state index contributed by atoms with van der Waals surface area (Å²) in [7, 11) is 0. The van der Waals surface area contributed by atoms with Gasteiger partial charge in [0.05, 0.1) is 5.69 Å². The average molecular weight is 459 g/mol. The van der Waals surface area contributed by atoms with Crippen molar-refractivity contribution in [3.05, 3.63) is 95.6 Å². The number of carbonyl (C=O) groups is 3. The first kappa shape index (κ1) is 23.0. The molecular formula is C27H26N2O5. The van der Waals surface area contributed by atoms with E-state index in [1.165, 1.54) is 6.92 Å². The van der Waals surface area contributed by atoms with Crippen LogP contribution in [0.2, 0.25) is 0 Å². The summed E-state index contributed by atoms with van der Waals surface area (Å²) in [6, 6.07) is 22.8. The monoisotopic (exact) mass is 458 g/mol. The van der Waals surface area contributed by atoms with E-state index in [1.807, 2.05) is 73.7 Å². The van der Waals surface area contributed by atoms with Crippen LogP contribution >= 0.6 is 0 Å². The van der Waals surface area contributed by atoms with Gasteiger partial charge in [0, 0.05) is 6.42 Å². The smallest absolute Gasteiger partial charge is 0.329 e. The second kappa shape index (κ2) is 9.79. The van der Waals surface area contributed by atoms with E-state index >= 15 is 0 Å². The summed E-state index contributed by atoms with van der Waals surface area (Å²) in [6.07, 6.45) is 0.202. The first-order valence-corrected chi connectivity index (χ1v) is 11.0. The van der Waals surface area contributed by atoms with Gasteiger partial charge < -0.3 is 20.1 Å². The van der Waals surface area contributed by atoms with E-state index in [0.29, 0.717) is 11.4 Å². The molecule has 0 fully saturated rings. The number of hydrogen-bond donors (Lipinski definition) is 2. The maximum atomic E-state index is 13.3. The Balaban J connectivity index is 1.53. The molecule has 0 spiro atoms. The van der Waals surface area contributed by atoms with Crippen molar-refractivity contribution in [1.82, 2.24) is 5.32 Å². The molecule has 0 aliphatic carbocycles. The number of aryl methyl sites for hydroxylation is 1. The highest BCUT2D eigenvalue weighted by Crippen LogP contribution is 2.34. The van der Waals surface area contributed by atoms with Crippen LogP contribution in [0.3, 0.4) is 0 Å². The number of carbonyl (C=O) groups excluding carboxylic acids is 3. The fourth-order valence-electron chi connectivity index (χ4n) is 3.64. The third-order valence-corrected chi connectivity index (χ3v) is 5.66. The average Bonchev–Trinajstić information content (AvgIpc) is 2.84. The molecule has 4 rings (SSSR count). The van der Waals surface area contributed by atoms with Gasteiger partial charge >= 0.3 is 5.97 Å². The van der Waals surface area contributed by atoms with E-state index in [1.54, 1.807) is 12.1 Å². The number of ether oxygens (including phenoxy) is 2. The van der Waals surface area contributed by atoms with Crippen LogP contribution in [0.4, 0.5) is 5.69 Å². The van der Waals surface area contributed by atoms with Gasteiger partial charge in [0.1, 0.15) is 18.4 Å². The van der Waals surface area contributed by atoms with Crippen LogP contribution in [0, 0.1) is 6.92 Å². The molecule has 174 valence electrons. The Labute approximate surface area is 198 Å². The van der Waals surface area contributed by atoms with Gasteiger partial charge in [0.25, 0.3) is 17.4 Å². The van der Waals surface area contributed by atoms with E-state index in [4.69, 9.17) is 9.47 Å². The zero-order chi connectivity index (χ0) is 24.1. The van der Waals surface area contributed by atoms with E-state index in [-0.39, 0.29) is 13.0 Å². The summed E-state index contributed by atoms with van der Waals surface area (Å²) in [5, 5.41) is 5.40. The molecule has 1 aliphatic heterocycles. The maximum absolute atomic E-state index is 13.3. The molecule has 7 nitrogen and oxygen atoms in total. The molecular weight excluding hydrogens is 432 g/mol. The van der Waals surface area contributed by atoms with E-state index < -0.39 is 29.4 Å². The van der Waals surface area contributed by atoms with Crippen LogP contribution in [0.25, 0.3) is 0 Å². The van der Waals surface area contributed by atoms with Crippen molar-refractivity contribution >= 4 is 23.5 Å². The van der Waals surface area contributed by atoms with Gasteiger partial charge in [-0.05, 0) is 42.7 Å². The third kappa shape index (κ3) is 5.09. The minimum absolute atomic E-state index is 0.0712. The fraction of sp³-hybridized carbons (Fsp3) is 0.222. The van der Waals surface area contributed by atoms with Gasteiger partial charge in [0.2, 0.25) is 0 Å². The number of fused-ring (bicyclic) bond motifs is 1. The largest absolute Gasteiger partial charge is 0.466 e. The second-order valence-corrected chi connectivity index (χ2v) is 8.40. The molecule has 0 saturated heterocycles. The van der Waals surface area contributed by atoms with Gasteiger partial charge in [-0.25, -0.2) is 4.79 Å². The van der Waals surface area contributed by atoms with Crippen molar-refractivity contribution in [2.45, 2.75) is 38.5 Å². The lowest BCUT2D eigenvalue weighted by Crippen LogP contribution is -2.61. The summed E-state index contributed by atoms with van der Waals surface area (Å²) >= 11 is 0. The number of nitrogens with one attached hydrogen (secondary N) is 2. The van der Waals surface area contributed by atoms with E-state index in [2.05, 4.69) is 10.6 Å². The first-order chi connectivity index (χ1) is 16.3. The third-order valence-electron chi connectivity index (χ3n) is 5.66. The summed E-state index contributed by atoms with van der Waals surface area (Å²) < 4.78 is 11.3.